The predicted molar refractivity (Wildman–Crippen MR) is 78.1 cm³/mol. The maximum atomic E-state index is 12.3. The summed E-state index contributed by atoms with van der Waals surface area (Å²) in [7, 11) is 1.68. The van der Waals surface area contributed by atoms with Gasteiger partial charge in [0.15, 0.2) is 0 Å². The standard InChI is InChI=1S/C15H26N2O4/c1-21-7-3-2-6-16-15(20)17-12-4-5-13(17)9-11(8-12)10-14(18)19/h11-13H,2-10H2,1H3,(H,16,20)(H,18,19). The van der Waals surface area contributed by atoms with Crippen molar-refractivity contribution in [1.82, 2.24) is 10.2 Å². The molecule has 0 aromatic heterocycles. The van der Waals surface area contributed by atoms with Crippen LogP contribution in [0.15, 0.2) is 0 Å². The molecule has 2 fully saturated rings. The number of carbonyl (C=O) groups excluding carboxylic acids is 1. The van der Waals surface area contributed by atoms with Crippen LogP contribution in [0.1, 0.15) is 44.9 Å². The molecule has 0 aromatic rings. The Hall–Kier alpha value is -1.30. The normalized spacial score (nSPS) is 27.7. The number of ether oxygens (including phenoxy) is 1. The Morgan fingerprint density at radius 1 is 1.24 bits per heavy atom. The molecule has 21 heavy (non-hydrogen) atoms. The second kappa shape index (κ2) is 7.64. The lowest BCUT2D eigenvalue weighted by atomic mass is 9.88. The lowest BCUT2D eigenvalue weighted by Gasteiger charge is -2.38. The highest BCUT2D eigenvalue weighted by molar-refractivity contribution is 5.75. The van der Waals surface area contributed by atoms with Crippen molar-refractivity contribution in [2.75, 3.05) is 20.3 Å². The first-order valence-electron chi connectivity index (χ1n) is 7.88. The summed E-state index contributed by atoms with van der Waals surface area (Å²) in [5, 5.41) is 11.9. The molecule has 0 saturated carbocycles. The first-order valence-corrected chi connectivity index (χ1v) is 7.88. The van der Waals surface area contributed by atoms with Gasteiger partial charge in [0.05, 0.1) is 0 Å². The number of unbranched alkanes of at least 4 members (excludes halogenated alkanes) is 1. The Morgan fingerprint density at radius 3 is 2.48 bits per heavy atom. The molecule has 0 aromatic carbocycles. The Kier molecular flexibility index (Phi) is 5.85. The fourth-order valence-corrected chi connectivity index (χ4v) is 3.69. The zero-order chi connectivity index (χ0) is 15.2. The highest BCUT2D eigenvalue weighted by atomic mass is 16.5. The van der Waals surface area contributed by atoms with Crippen molar-refractivity contribution >= 4 is 12.0 Å². The van der Waals surface area contributed by atoms with E-state index in [4.69, 9.17) is 9.84 Å². The van der Waals surface area contributed by atoms with Gasteiger partial charge in [-0.15, -0.1) is 0 Å². The number of fused-ring (bicyclic) bond motifs is 2. The molecular weight excluding hydrogens is 272 g/mol. The molecule has 120 valence electrons. The van der Waals surface area contributed by atoms with E-state index in [-0.39, 0.29) is 30.5 Å². The van der Waals surface area contributed by atoms with Crippen LogP contribution in [0.25, 0.3) is 0 Å². The number of hydrogen-bond donors (Lipinski definition) is 2. The number of urea groups is 1. The Labute approximate surface area is 125 Å². The van der Waals surface area contributed by atoms with E-state index < -0.39 is 5.97 Å². The molecule has 6 heteroatoms. The summed E-state index contributed by atoms with van der Waals surface area (Å²) in [6.45, 7) is 1.40. The molecule has 2 amide bonds. The summed E-state index contributed by atoms with van der Waals surface area (Å²) < 4.78 is 4.98. The van der Waals surface area contributed by atoms with Crippen LogP contribution in [-0.2, 0) is 9.53 Å². The van der Waals surface area contributed by atoms with E-state index in [9.17, 15) is 9.59 Å². The second-order valence-corrected chi connectivity index (χ2v) is 6.16. The maximum absolute atomic E-state index is 12.3. The van der Waals surface area contributed by atoms with E-state index >= 15 is 0 Å². The van der Waals surface area contributed by atoms with Gasteiger partial charge < -0.3 is 20.1 Å². The number of amides is 2. The highest BCUT2D eigenvalue weighted by Crippen LogP contribution is 2.39. The van der Waals surface area contributed by atoms with E-state index in [1.54, 1.807) is 7.11 Å². The Morgan fingerprint density at radius 2 is 1.90 bits per heavy atom. The van der Waals surface area contributed by atoms with Crippen molar-refractivity contribution in [2.24, 2.45) is 5.92 Å². The molecule has 2 bridgehead atoms. The third-order valence-electron chi connectivity index (χ3n) is 4.58. The van der Waals surface area contributed by atoms with Crippen molar-refractivity contribution in [3.05, 3.63) is 0 Å². The summed E-state index contributed by atoms with van der Waals surface area (Å²) in [6, 6.07) is 0.479. The number of methoxy groups -OCH3 is 1. The summed E-state index contributed by atoms with van der Waals surface area (Å²) >= 11 is 0. The van der Waals surface area contributed by atoms with Crippen molar-refractivity contribution in [1.29, 1.82) is 0 Å². The second-order valence-electron chi connectivity index (χ2n) is 6.16. The largest absolute Gasteiger partial charge is 0.481 e. The fraction of sp³-hybridized carbons (Fsp3) is 0.867. The van der Waals surface area contributed by atoms with E-state index in [1.807, 2.05) is 4.90 Å². The van der Waals surface area contributed by atoms with Gasteiger partial charge in [-0.05, 0) is 44.4 Å². The topological polar surface area (TPSA) is 78.9 Å². The van der Waals surface area contributed by atoms with Gasteiger partial charge in [-0.3, -0.25) is 4.79 Å². The molecule has 2 aliphatic rings. The predicted octanol–water partition coefficient (Wildman–Crippen LogP) is 1.84. The van der Waals surface area contributed by atoms with Gasteiger partial charge in [-0.25, -0.2) is 4.79 Å². The molecule has 2 saturated heterocycles. The minimum absolute atomic E-state index is 0.0219. The molecule has 2 N–H and O–H groups in total. The first-order chi connectivity index (χ1) is 10.1. The molecule has 2 heterocycles. The molecule has 0 radical (unpaired) electrons. The molecular formula is C15H26N2O4. The number of carbonyl (C=O) groups is 2. The summed E-state index contributed by atoms with van der Waals surface area (Å²) in [5.41, 5.74) is 0. The third-order valence-corrected chi connectivity index (χ3v) is 4.58. The average molecular weight is 298 g/mol. The number of piperidine rings is 1. The van der Waals surface area contributed by atoms with Crippen molar-refractivity contribution < 1.29 is 19.4 Å². The van der Waals surface area contributed by atoms with Gasteiger partial charge in [0.25, 0.3) is 0 Å². The molecule has 0 aliphatic carbocycles. The van der Waals surface area contributed by atoms with Crippen LogP contribution in [0.3, 0.4) is 0 Å². The van der Waals surface area contributed by atoms with Gasteiger partial charge in [0.1, 0.15) is 0 Å². The quantitative estimate of drug-likeness (QED) is 0.703. The third kappa shape index (κ3) is 4.33. The smallest absolute Gasteiger partial charge is 0.317 e. The summed E-state index contributed by atoms with van der Waals surface area (Å²) in [5.74, 6) is -0.499. The zero-order valence-corrected chi connectivity index (χ0v) is 12.7. The molecule has 2 aliphatic heterocycles. The van der Waals surface area contributed by atoms with Gasteiger partial charge >= 0.3 is 12.0 Å². The number of rotatable bonds is 7. The zero-order valence-electron chi connectivity index (χ0n) is 12.7. The van der Waals surface area contributed by atoms with E-state index in [0.29, 0.717) is 6.54 Å². The molecule has 2 unspecified atom stereocenters. The Bertz CT molecular complexity index is 361. The van der Waals surface area contributed by atoms with Crippen molar-refractivity contribution in [3.63, 3.8) is 0 Å². The van der Waals surface area contributed by atoms with Crippen LogP contribution in [0.2, 0.25) is 0 Å². The van der Waals surface area contributed by atoms with E-state index in [1.165, 1.54) is 0 Å². The van der Waals surface area contributed by atoms with E-state index in [0.717, 1.165) is 45.1 Å². The first kappa shape index (κ1) is 16.1. The minimum atomic E-state index is -0.726. The van der Waals surface area contributed by atoms with Crippen LogP contribution in [0.5, 0.6) is 0 Å². The molecule has 0 spiro atoms. The number of hydrogen-bond acceptors (Lipinski definition) is 3. The number of carboxylic acids is 1. The van der Waals surface area contributed by atoms with Crippen molar-refractivity contribution in [3.8, 4) is 0 Å². The monoisotopic (exact) mass is 298 g/mol. The molecule has 6 nitrogen and oxygen atoms in total. The Balaban J connectivity index is 1.77. The van der Waals surface area contributed by atoms with Crippen molar-refractivity contribution in [2.45, 2.75) is 57.0 Å². The van der Waals surface area contributed by atoms with Crippen LogP contribution < -0.4 is 5.32 Å². The van der Waals surface area contributed by atoms with Crippen LogP contribution in [0, 0.1) is 5.92 Å². The van der Waals surface area contributed by atoms with Gasteiger partial charge in [0.2, 0.25) is 0 Å². The van der Waals surface area contributed by atoms with Gasteiger partial charge in [-0.1, -0.05) is 0 Å². The number of nitrogens with one attached hydrogen (secondary N) is 1. The summed E-state index contributed by atoms with van der Waals surface area (Å²) in [4.78, 5) is 25.1. The van der Waals surface area contributed by atoms with E-state index in [2.05, 4.69) is 5.32 Å². The highest BCUT2D eigenvalue weighted by Gasteiger charge is 2.43. The molecule has 2 atom stereocenters. The fourth-order valence-electron chi connectivity index (χ4n) is 3.69. The van der Waals surface area contributed by atoms with Crippen LogP contribution in [0.4, 0.5) is 4.79 Å². The minimum Gasteiger partial charge on any atom is -0.481 e. The average Bonchev–Trinajstić information content (AvgIpc) is 2.69. The summed E-state index contributed by atoms with van der Waals surface area (Å²) in [6.07, 6.45) is 5.80. The van der Waals surface area contributed by atoms with Crippen LogP contribution in [-0.4, -0.2) is 54.4 Å². The SMILES string of the molecule is COCCCCNC(=O)N1C2CCC1CC(CC(=O)O)C2. The van der Waals surface area contributed by atoms with Gasteiger partial charge in [-0.2, -0.15) is 0 Å². The lowest BCUT2D eigenvalue weighted by molar-refractivity contribution is -0.138. The molecule has 2 rings (SSSR count). The number of nitrogens with zero attached hydrogens (tertiary/aromatic N) is 1. The number of carboxylic acid groups (broad SMARTS) is 1. The van der Waals surface area contributed by atoms with Gasteiger partial charge in [0, 0.05) is 38.8 Å². The lowest BCUT2D eigenvalue weighted by Crippen LogP contribution is -2.51. The van der Waals surface area contributed by atoms with Crippen LogP contribution >= 0.6 is 0 Å². The number of aliphatic carboxylic acids is 1. The maximum Gasteiger partial charge on any atom is 0.317 e.